The van der Waals surface area contributed by atoms with Crippen molar-refractivity contribution in [1.29, 1.82) is 5.26 Å². The fourth-order valence-corrected chi connectivity index (χ4v) is 2.41. The van der Waals surface area contributed by atoms with Gasteiger partial charge in [-0.1, -0.05) is 0 Å². The first-order valence-corrected chi connectivity index (χ1v) is 7.59. The Morgan fingerprint density at radius 1 is 1.37 bits per heavy atom. The highest BCUT2D eigenvalue weighted by Crippen LogP contribution is 2.42. The third-order valence-corrected chi connectivity index (χ3v) is 3.68. The molecule has 0 spiro atoms. The molecule has 0 aliphatic heterocycles. The molecule has 0 saturated carbocycles. The van der Waals surface area contributed by atoms with E-state index in [1.54, 1.807) is 13.0 Å². The third kappa shape index (κ3) is 3.87. The largest absolute Gasteiger partial charge is 0.493 e. The van der Waals surface area contributed by atoms with E-state index in [1.165, 1.54) is 20.1 Å². The van der Waals surface area contributed by atoms with E-state index in [0.717, 1.165) is 12.1 Å². The number of aliphatic carboxylic acids is 1. The molecule has 2 aromatic rings. The number of non-ortho nitro benzene ring substituents is 1. The topological polar surface area (TPSA) is 156 Å². The number of aryl methyl sites for hydroxylation is 1. The number of H-pyrrole nitrogens is 1. The summed E-state index contributed by atoms with van der Waals surface area (Å²) in [5.74, 6) is -1.50. The van der Waals surface area contributed by atoms with E-state index in [-0.39, 0.29) is 33.9 Å². The molecule has 140 valence electrons. The van der Waals surface area contributed by atoms with Gasteiger partial charge < -0.3 is 19.6 Å². The molecule has 1 unspecified atom stereocenters. The molecule has 2 rings (SSSR count). The fourth-order valence-electron chi connectivity index (χ4n) is 2.41. The summed E-state index contributed by atoms with van der Waals surface area (Å²) < 4.78 is 10.6. The Morgan fingerprint density at radius 2 is 2.04 bits per heavy atom. The Hall–Kier alpha value is -3.87. The number of aromatic amines is 1. The predicted octanol–water partition coefficient (Wildman–Crippen LogP) is 1.99. The Morgan fingerprint density at radius 3 is 2.56 bits per heavy atom. The Balaban J connectivity index is 2.90. The van der Waals surface area contributed by atoms with Gasteiger partial charge >= 0.3 is 5.97 Å². The van der Waals surface area contributed by atoms with Crippen LogP contribution in [0.4, 0.5) is 5.69 Å². The van der Waals surface area contributed by atoms with Crippen LogP contribution in [0.15, 0.2) is 23.0 Å². The third-order valence-electron chi connectivity index (χ3n) is 3.68. The lowest BCUT2D eigenvalue weighted by molar-refractivity contribution is -0.384. The Bertz CT molecular complexity index is 1020. The second kappa shape index (κ2) is 7.57. The van der Waals surface area contributed by atoms with E-state index >= 15 is 0 Å². The summed E-state index contributed by atoms with van der Waals surface area (Å²) in [4.78, 5) is 36.3. The van der Waals surface area contributed by atoms with Crippen LogP contribution >= 0.6 is 0 Å². The standard InChI is InChI=1S/C17H15N3O7/c1-8-4-11(13(7-18)16(21)19-8)12-5-10(20(24)25)6-14(26-3)15(12)27-9(2)17(22)23/h4-6,9H,1-3H3,(H,19,21)(H,22,23). The number of nitrogens with one attached hydrogen (secondary N) is 1. The number of nitrogens with zero attached hydrogens (tertiary/aromatic N) is 2. The molecule has 0 fully saturated rings. The maximum atomic E-state index is 12.1. The molecular weight excluding hydrogens is 358 g/mol. The van der Waals surface area contributed by atoms with Crippen LogP contribution in [0.2, 0.25) is 0 Å². The van der Waals surface area contributed by atoms with E-state index in [2.05, 4.69) is 4.98 Å². The van der Waals surface area contributed by atoms with E-state index in [9.17, 15) is 25.0 Å². The number of ether oxygens (including phenoxy) is 2. The summed E-state index contributed by atoms with van der Waals surface area (Å²) in [6.07, 6.45) is -1.31. The summed E-state index contributed by atoms with van der Waals surface area (Å²) >= 11 is 0. The molecule has 0 aliphatic rings. The SMILES string of the molecule is COc1cc([N+](=O)[O-])cc(-c2cc(C)[nH]c(=O)c2C#N)c1OC(C)C(=O)O. The minimum atomic E-state index is -1.31. The molecule has 0 bridgehead atoms. The van der Waals surface area contributed by atoms with E-state index < -0.39 is 22.6 Å². The molecule has 10 nitrogen and oxygen atoms in total. The second-order valence-corrected chi connectivity index (χ2v) is 5.56. The number of benzene rings is 1. The number of nitro groups is 1. The lowest BCUT2D eigenvalue weighted by atomic mass is 9.99. The highest BCUT2D eigenvalue weighted by Gasteiger charge is 2.25. The minimum absolute atomic E-state index is 0.0000926. The maximum absolute atomic E-state index is 12.1. The van der Waals surface area contributed by atoms with Crippen LogP contribution in [0.3, 0.4) is 0 Å². The number of carboxylic acid groups (broad SMARTS) is 1. The summed E-state index contributed by atoms with van der Waals surface area (Å²) in [5, 5.41) is 29.7. The van der Waals surface area contributed by atoms with E-state index in [0.29, 0.717) is 5.69 Å². The van der Waals surface area contributed by atoms with Gasteiger partial charge in [-0.2, -0.15) is 5.26 Å². The van der Waals surface area contributed by atoms with Crippen LogP contribution in [0.1, 0.15) is 18.2 Å². The number of rotatable bonds is 6. The van der Waals surface area contributed by atoms with Gasteiger partial charge in [0.1, 0.15) is 11.6 Å². The van der Waals surface area contributed by atoms with Crippen molar-refractivity contribution in [2.45, 2.75) is 20.0 Å². The Labute approximate surface area is 152 Å². The molecule has 0 saturated heterocycles. The summed E-state index contributed by atoms with van der Waals surface area (Å²) in [7, 11) is 1.23. The van der Waals surface area contributed by atoms with Crippen LogP contribution in [0, 0.1) is 28.4 Å². The van der Waals surface area contributed by atoms with Crippen molar-refractivity contribution < 1.29 is 24.3 Å². The molecule has 1 aromatic carbocycles. The van der Waals surface area contributed by atoms with Gasteiger partial charge in [-0.15, -0.1) is 0 Å². The van der Waals surface area contributed by atoms with E-state index in [1.807, 2.05) is 0 Å². The molecule has 0 amide bonds. The predicted molar refractivity (Wildman–Crippen MR) is 92.9 cm³/mol. The summed E-state index contributed by atoms with van der Waals surface area (Å²) in [6, 6.07) is 5.36. The molecule has 10 heteroatoms. The minimum Gasteiger partial charge on any atom is -0.493 e. The first-order valence-electron chi connectivity index (χ1n) is 7.59. The van der Waals surface area contributed by atoms with Crippen molar-refractivity contribution in [3.05, 3.63) is 49.9 Å². The number of hydrogen-bond acceptors (Lipinski definition) is 7. The van der Waals surface area contributed by atoms with Crippen molar-refractivity contribution >= 4 is 11.7 Å². The van der Waals surface area contributed by atoms with Crippen molar-refractivity contribution in [2.24, 2.45) is 0 Å². The number of pyridine rings is 1. The van der Waals surface area contributed by atoms with Gasteiger partial charge in [0.2, 0.25) is 0 Å². The van der Waals surface area contributed by atoms with Gasteiger partial charge in [-0.05, 0) is 19.9 Å². The van der Waals surface area contributed by atoms with Crippen molar-refractivity contribution in [3.63, 3.8) is 0 Å². The van der Waals surface area contributed by atoms with Crippen molar-refractivity contribution in [1.82, 2.24) is 4.98 Å². The number of methoxy groups -OCH3 is 1. The first-order chi connectivity index (χ1) is 12.7. The van der Waals surface area contributed by atoms with Crippen molar-refractivity contribution in [2.75, 3.05) is 7.11 Å². The molecule has 0 aliphatic carbocycles. The van der Waals surface area contributed by atoms with Crippen molar-refractivity contribution in [3.8, 4) is 28.7 Å². The van der Waals surface area contributed by atoms with E-state index in [4.69, 9.17) is 14.6 Å². The van der Waals surface area contributed by atoms with Gasteiger partial charge in [0.25, 0.3) is 11.2 Å². The summed E-state index contributed by atoms with van der Waals surface area (Å²) in [6.45, 7) is 2.84. The zero-order valence-electron chi connectivity index (χ0n) is 14.6. The smallest absolute Gasteiger partial charge is 0.344 e. The molecule has 2 N–H and O–H groups in total. The average Bonchev–Trinajstić information content (AvgIpc) is 2.60. The lowest BCUT2D eigenvalue weighted by Gasteiger charge is -2.18. The highest BCUT2D eigenvalue weighted by atomic mass is 16.6. The molecule has 1 aromatic heterocycles. The van der Waals surface area contributed by atoms with Crippen LogP contribution in [-0.2, 0) is 4.79 Å². The normalized spacial score (nSPS) is 11.3. The zero-order valence-corrected chi connectivity index (χ0v) is 14.6. The molecule has 0 radical (unpaired) electrons. The van der Waals surface area contributed by atoms with Crippen LogP contribution in [-0.4, -0.2) is 34.2 Å². The van der Waals surface area contributed by atoms with Gasteiger partial charge in [-0.25, -0.2) is 4.79 Å². The maximum Gasteiger partial charge on any atom is 0.344 e. The highest BCUT2D eigenvalue weighted by molar-refractivity contribution is 5.81. The Kier molecular flexibility index (Phi) is 5.45. The number of carboxylic acids is 1. The molecule has 1 atom stereocenters. The van der Waals surface area contributed by atoms with Crippen LogP contribution in [0.25, 0.3) is 11.1 Å². The number of nitro benzene ring substituents is 1. The molecule has 1 heterocycles. The number of aromatic nitrogens is 1. The van der Waals surface area contributed by atoms with Gasteiger partial charge in [0.05, 0.1) is 18.1 Å². The summed E-state index contributed by atoms with van der Waals surface area (Å²) in [5.41, 5.74) is -0.893. The number of nitriles is 1. The monoisotopic (exact) mass is 373 g/mol. The van der Waals surface area contributed by atoms with Crippen LogP contribution < -0.4 is 15.0 Å². The number of hydrogen-bond donors (Lipinski definition) is 2. The first kappa shape index (κ1) is 19.5. The lowest BCUT2D eigenvalue weighted by Crippen LogP contribution is -2.23. The van der Waals surface area contributed by atoms with Gasteiger partial charge in [0.15, 0.2) is 17.6 Å². The molecular formula is C17H15N3O7. The average molecular weight is 373 g/mol. The number of carbonyl (C=O) groups is 1. The molecule has 27 heavy (non-hydrogen) atoms. The van der Waals surface area contributed by atoms with Gasteiger partial charge in [-0.3, -0.25) is 14.9 Å². The zero-order chi connectivity index (χ0) is 20.3. The quantitative estimate of drug-likeness (QED) is 0.575. The fraction of sp³-hybridized carbons (Fsp3) is 0.235. The second-order valence-electron chi connectivity index (χ2n) is 5.56. The van der Waals surface area contributed by atoms with Crippen LogP contribution in [0.5, 0.6) is 11.5 Å². The van der Waals surface area contributed by atoms with Gasteiger partial charge in [0, 0.05) is 22.9 Å².